The molecule has 0 spiro atoms. The van der Waals surface area contributed by atoms with Crippen molar-refractivity contribution in [2.24, 2.45) is 5.73 Å². The molecule has 2 saturated heterocycles. The molecular weight excluding hydrogens is 400 g/mol. The van der Waals surface area contributed by atoms with E-state index in [-0.39, 0.29) is 11.9 Å². The van der Waals surface area contributed by atoms with Gasteiger partial charge in [-0.25, -0.2) is 0 Å². The van der Waals surface area contributed by atoms with Gasteiger partial charge in [0, 0.05) is 38.5 Å². The lowest BCUT2D eigenvalue weighted by Crippen LogP contribution is -2.46. The van der Waals surface area contributed by atoms with E-state index in [0.29, 0.717) is 17.2 Å². The molecule has 2 fully saturated rings. The van der Waals surface area contributed by atoms with Crippen LogP contribution in [-0.4, -0.2) is 77.6 Å². The number of rotatable bonds is 7. The Balaban J connectivity index is 1.18. The van der Waals surface area contributed by atoms with Gasteiger partial charge in [0.05, 0.1) is 23.6 Å². The second-order valence-electron chi connectivity index (χ2n) is 7.86. The van der Waals surface area contributed by atoms with E-state index < -0.39 is 0 Å². The number of hydrogen-bond donors (Lipinski definition) is 1. The highest BCUT2D eigenvalue weighted by Crippen LogP contribution is 2.24. The maximum atomic E-state index is 12.3. The third-order valence-electron chi connectivity index (χ3n) is 5.77. The van der Waals surface area contributed by atoms with Crippen LogP contribution in [0, 0.1) is 11.3 Å². The summed E-state index contributed by atoms with van der Waals surface area (Å²) >= 11 is 1.79. The summed E-state index contributed by atoms with van der Waals surface area (Å²) in [7, 11) is 0. The van der Waals surface area contributed by atoms with E-state index in [9.17, 15) is 4.79 Å². The molecule has 0 saturated carbocycles. The molecule has 0 unspecified atom stereocenters. The standard InChI is InChI=1S/C21H28N6O2S/c22-14-16-4-5-19-18(13-16)24-21(29-19)26-9-7-25(8-10-26)6-2-1-3-17(23)20(28)27-11-12-30-15-27/h4-5,13,17H,1-3,6-12,15,23H2/t17-/m0/s1. The SMILES string of the molecule is N#Cc1ccc2oc(N3CCN(CCCC[C@H](N)C(=O)N4CCSC4)CC3)nc2c1. The first kappa shape index (κ1) is 21.0. The van der Waals surface area contributed by atoms with Crippen LogP contribution < -0.4 is 10.6 Å². The highest BCUT2D eigenvalue weighted by molar-refractivity contribution is 7.99. The second-order valence-corrected chi connectivity index (χ2v) is 8.94. The van der Waals surface area contributed by atoms with Gasteiger partial charge >= 0.3 is 0 Å². The Labute approximate surface area is 181 Å². The van der Waals surface area contributed by atoms with Crippen LogP contribution in [0.1, 0.15) is 24.8 Å². The number of benzene rings is 1. The largest absolute Gasteiger partial charge is 0.423 e. The van der Waals surface area contributed by atoms with E-state index in [2.05, 4.69) is 20.9 Å². The topological polar surface area (TPSA) is 103 Å². The number of thioether (sulfide) groups is 1. The van der Waals surface area contributed by atoms with Gasteiger partial charge < -0.3 is 20.0 Å². The van der Waals surface area contributed by atoms with E-state index in [1.54, 1.807) is 30.0 Å². The number of nitriles is 1. The Morgan fingerprint density at radius 3 is 2.83 bits per heavy atom. The molecule has 0 bridgehead atoms. The number of fused-ring (bicyclic) bond motifs is 1. The van der Waals surface area contributed by atoms with Crippen LogP contribution in [0.4, 0.5) is 6.01 Å². The zero-order valence-corrected chi connectivity index (χ0v) is 17.9. The number of aromatic nitrogens is 1. The molecule has 4 rings (SSSR count). The zero-order valence-electron chi connectivity index (χ0n) is 17.1. The maximum Gasteiger partial charge on any atom is 0.298 e. The molecule has 2 aromatic rings. The van der Waals surface area contributed by atoms with E-state index in [4.69, 9.17) is 15.4 Å². The molecule has 2 aliphatic heterocycles. The average Bonchev–Trinajstić information content (AvgIpc) is 3.46. The molecule has 1 aromatic heterocycles. The van der Waals surface area contributed by atoms with Gasteiger partial charge in [-0.3, -0.25) is 9.69 Å². The molecule has 1 aromatic carbocycles. The van der Waals surface area contributed by atoms with Gasteiger partial charge in [0.2, 0.25) is 5.91 Å². The molecular formula is C21H28N6O2S. The monoisotopic (exact) mass is 428 g/mol. The number of carbonyl (C=O) groups is 1. The minimum absolute atomic E-state index is 0.105. The summed E-state index contributed by atoms with van der Waals surface area (Å²) in [6.45, 7) is 5.50. The lowest BCUT2D eigenvalue weighted by molar-refractivity contribution is -0.131. The summed E-state index contributed by atoms with van der Waals surface area (Å²) in [6, 6.07) is 7.72. The van der Waals surface area contributed by atoms with Crippen molar-refractivity contribution >= 4 is 34.8 Å². The first-order valence-corrected chi connectivity index (χ1v) is 11.7. The Bertz CT molecular complexity index is 912. The second kappa shape index (κ2) is 9.69. The van der Waals surface area contributed by atoms with Crippen molar-refractivity contribution in [1.82, 2.24) is 14.8 Å². The molecule has 2 aliphatic rings. The summed E-state index contributed by atoms with van der Waals surface area (Å²) in [5, 5.41) is 9.03. The number of amides is 1. The van der Waals surface area contributed by atoms with E-state index >= 15 is 0 Å². The number of unbranched alkanes of at least 4 members (excludes halogenated alkanes) is 1. The maximum absolute atomic E-state index is 12.3. The lowest BCUT2D eigenvalue weighted by Gasteiger charge is -2.33. The normalized spacial score (nSPS) is 18.7. The fourth-order valence-corrected chi connectivity index (χ4v) is 4.88. The summed E-state index contributed by atoms with van der Waals surface area (Å²) in [4.78, 5) is 23.3. The predicted molar refractivity (Wildman–Crippen MR) is 118 cm³/mol. The third-order valence-corrected chi connectivity index (χ3v) is 6.73. The van der Waals surface area contributed by atoms with Crippen molar-refractivity contribution in [3.05, 3.63) is 23.8 Å². The van der Waals surface area contributed by atoms with Crippen molar-refractivity contribution in [2.45, 2.75) is 25.3 Å². The Morgan fingerprint density at radius 2 is 2.10 bits per heavy atom. The van der Waals surface area contributed by atoms with Gasteiger partial charge in [0.15, 0.2) is 5.58 Å². The molecule has 8 nitrogen and oxygen atoms in total. The number of piperazine rings is 1. The molecule has 3 heterocycles. The number of anilines is 1. The number of oxazole rings is 1. The molecule has 0 radical (unpaired) electrons. The van der Waals surface area contributed by atoms with E-state index in [0.717, 1.165) is 75.7 Å². The number of nitrogens with two attached hydrogens (primary N) is 1. The molecule has 30 heavy (non-hydrogen) atoms. The van der Waals surface area contributed by atoms with Crippen molar-refractivity contribution < 1.29 is 9.21 Å². The Morgan fingerprint density at radius 1 is 1.27 bits per heavy atom. The number of hydrogen-bond acceptors (Lipinski definition) is 8. The van der Waals surface area contributed by atoms with Crippen LogP contribution >= 0.6 is 11.8 Å². The van der Waals surface area contributed by atoms with Crippen LogP contribution in [0.3, 0.4) is 0 Å². The fourth-order valence-electron chi connectivity index (χ4n) is 3.93. The van der Waals surface area contributed by atoms with Gasteiger partial charge in [-0.05, 0) is 37.6 Å². The van der Waals surface area contributed by atoms with Crippen molar-refractivity contribution in [3.63, 3.8) is 0 Å². The molecule has 160 valence electrons. The first-order chi connectivity index (χ1) is 14.6. The minimum atomic E-state index is -0.360. The Kier molecular flexibility index (Phi) is 6.77. The highest BCUT2D eigenvalue weighted by atomic mass is 32.2. The summed E-state index contributed by atoms with van der Waals surface area (Å²) < 4.78 is 5.87. The molecule has 2 N–H and O–H groups in total. The third kappa shape index (κ3) is 4.89. The summed E-state index contributed by atoms with van der Waals surface area (Å²) in [5.41, 5.74) is 8.12. The summed E-state index contributed by atoms with van der Waals surface area (Å²) in [5.74, 6) is 1.92. The first-order valence-electron chi connectivity index (χ1n) is 10.5. The molecule has 1 atom stereocenters. The number of carbonyl (C=O) groups excluding carboxylic acids is 1. The van der Waals surface area contributed by atoms with Crippen LogP contribution in [0.15, 0.2) is 22.6 Å². The Hall–Kier alpha value is -2.28. The van der Waals surface area contributed by atoms with Crippen molar-refractivity contribution in [3.8, 4) is 6.07 Å². The predicted octanol–water partition coefficient (Wildman–Crippen LogP) is 1.85. The van der Waals surface area contributed by atoms with Crippen molar-refractivity contribution in [1.29, 1.82) is 5.26 Å². The van der Waals surface area contributed by atoms with Gasteiger partial charge in [0.1, 0.15) is 5.52 Å². The molecule has 9 heteroatoms. The average molecular weight is 429 g/mol. The molecule has 1 amide bonds. The van der Waals surface area contributed by atoms with Crippen LogP contribution in [0.2, 0.25) is 0 Å². The smallest absolute Gasteiger partial charge is 0.298 e. The summed E-state index contributed by atoms with van der Waals surface area (Å²) in [6.07, 6.45) is 2.78. The lowest BCUT2D eigenvalue weighted by atomic mass is 10.1. The minimum Gasteiger partial charge on any atom is -0.423 e. The van der Waals surface area contributed by atoms with Crippen molar-refractivity contribution in [2.75, 3.05) is 55.8 Å². The van der Waals surface area contributed by atoms with Crippen LogP contribution in [0.25, 0.3) is 11.1 Å². The number of nitrogens with zero attached hydrogens (tertiary/aromatic N) is 5. The van der Waals surface area contributed by atoms with Crippen LogP contribution in [0.5, 0.6) is 0 Å². The van der Waals surface area contributed by atoms with Gasteiger partial charge in [-0.15, -0.1) is 11.8 Å². The van der Waals surface area contributed by atoms with E-state index in [1.807, 2.05) is 4.90 Å². The quantitative estimate of drug-likeness (QED) is 0.667. The van der Waals surface area contributed by atoms with Gasteiger partial charge in [0.25, 0.3) is 6.01 Å². The zero-order chi connectivity index (χ0) is 20.9. The van der Waals surface area contributed by atoms with E-state index in [1.165, 1.54) is 0 Å². The highest BCUT2D eigenvalue weighted by Gasteiger charge is 2.24. The van der Waals surface area contributed by atoms with Gasteiger partial charge in [-0.1, -0.05) is 6.42 Å². The van der Waals surface area contributed by atoms with Crippen LogP contribution in [-0.2, 0) is 4.79 Å². The van der Waals surface area contributed by atoms with Gasteiger partial charge in [-0.2, -0.15) is 10.2 Å². The fraction of sp³-hybridized carbons (Fsp3) is 0.571. The molecule has 0 aliphatic carbocycles.